The summed E-state index contributed by atoms with van der Waals surface area (Å²) >= 11 is 0. The molecule has 6 heteroatoms. The van der Waals surface area contributed by atoms with Crippen molar-refractivity contribution < 1.29 is 13.2 Å². The van der Waals surface area contributed by atoms with Crippen LogP contribution in [0.25, 0.3) is 0 Å². The van der Waals surface area contributed by atoms with Crippen molar-refractivity contribution in [2.45, 2.75) is 26.1 Å². The van der Waals surface area contributed by atoms with Crippen LogP contribution in [0.3, 0.4) is 0 Å². The van der Waals surface area contributed by atoms with Gasteiger partial charge in [0, 0.05) is 25.7 Å². The average molecular weight is 225 g/mol. The van der Waals surface area contributed by atoms with E-state index in [1.54, 1.807) is 11.9 Å². The lowest BCUT2D eigenvalue weighted by Crippen LogP contribution is -2.43. The lowest BCUT2D eigenvalue weighted by atomic mass is 10.2. The maximum Gasteiger partial charge on any atom is 0.430 e. The van der Waals surface area contributed by atoms with E-state index < -0.39 is 11.9 Å². The molecule has 0 aliphatic carbocycles. The molecule has 0 unspecified atom stereocenters. The number of hydrogen-bond acceptors (Lipinski definition) is 3. The molecule has 0 heterocycles. The lowest BCUT2D eigenvalue weighted by Gasteiger charge is -2.26. The van der Waals surface area contributed by atoms with Crippen molar-refractivity contribution in [2.24, 2.45) is 0 Å². The third-order valence-corrected chi connectivity index (χ3v) is 2.08. The number of hydrogen-bond donors (Lipinski definition) is 2. The second kappa shape index (κ2) is 6.07. The summed E-state index contributed by atoms with van der Waals surface area (Å²) in [6.07, 6.45) is -4.51. The number of halogens is 3. The van der Waals surface area contributed by atoms with Gasteiger partial charge in [-0.05, 0) is 20.9 Å². The van der Waals surface area contributed by atoms with Crippen molar-refractivity contribution in [3.63, 3.8) is 0 Å². The zero-order valence-corrected chi connectivity index (χ0v) is 9.28. The Balaban J connectivity index is 4.23. The second-order valence-corrected chi connectivity index (χ2v) is 3.64. The van der Waals surface area contributed by atoms with Crippen LogP contribution in [-0.2, 0) is 0 Å². The van der Waals surface area contributed by atoms with E-state index in [0.29, 0.717) is 13.1 Å². The molecule has 0 radical (unpaired) electrons. The number of nitrogens with zero attached hydrogens (tertiary/aromatic N) is 1. The number of rotatable bonds is 6. The molecule has 0 aliphatic rings. The van der Waals surface area contributed by atoms with Crippen LogP contribution in [0.2, 0.25) is 0 Å². The first-order valence-corrected chi connectivity index (χ1v) is 4.82. The van der Waals surface area contributed by atoms with Gasteiger partial charge in [0.15, 0.2) is 0 Å². The Morgan fingerprint density at radius 2 is 1.93 bits per heavy atom. The van der Waals surface area contributed by atoms with E-state index in [0.717, 1.165) is 0 Å². The van der Waals surface area contributed by atoms with Gasteiger partial charge in [-0.2, -0.15) is 13.2 Å². The predicted molar refractivity (Wildman–Crippen MR) is 54.4 cm³/mol. The third-order valence-electron chi connectivity index (χ3n) is 2.08. The van der Waals surface area contributed by atoms with Crippen molar-refractivity contribution in [1.29, 1.82) is 5.41 Å². The van der Waals surface area contributed by atoms with Crippen LogP contribution in [0.4, 0.5) is 13.2 Å². The van der Waals surface area contributed by atoms with E-state index in [9.17, 15) is 13.2 Å². The summed E-state index contributed by atoms with van der Waals surface area (Å²) in [6, 6.07) is 0.000972. The van der Waals surface area contributed by atoms with Crippen LogP contribution in [0.1, 0.15) is 13.8 Å². The Morgan fingerprint density at radius 3 is 2.27 bits per heavy atom. The number of alkyl halides is 3. The molecule has 0 amide bonds. The summed E-state index contributed by atoms with van der Waals surface area (Å²) in [4.78, 5) is 1.62. The Bertz CT molecular complexity index is 201. The highest BCUT2D eigenvalue weighted by Gasteiger charge is 2.35. The minimum atomic E-state index is -4.51. The zero-order valence-electron chi connectivity index (χ0n) is 9.28. The maximum absolute atomic E-state index is 12.1. The van der Waals surface area contributed by atoms with Gasteiger partial charge in [-0.3, -0.25) is 10.3 Å². The highest BCUT2D eigenvalue weighted by Crippen LogP contribution is 2.17. The second-order valence-electron chi connectivity index (χ2n) is 3.64. The van der Waals surface area contributed by atoms with Gasteiger partial charge >= 0.3 is 6.18 Å². The van der Waals surface area contributed by atoms with Gasteiger partial charge in [0.2, 0.25) is 0 Å². The summed E-state index contributed by atoms with van der Waals surface area (Å²) in [5.74, 6) is 0. The molecule has 0 aromatic rings. The summed E-state index contributed by atoms with van der Waals surface area (Å²) in [5.41, 5.74) is -1.19. The van der Waals surface area contributed by atoms with E-state index in [1.807, 2.05) is 13.8 Å². The first kappa shape index (κ1) is 14.4. The molecule has 0 saturated carbocycles. The molecular weight excluding hydrogens is 207 g/mol. The number of nitrogens with one attached hydrogen (secondary N) is 2. The molecular formula is C9H18F3N3. The van der Waals surface area contributed by atoms with Crippen LogP contribution in [0.5, 0.6) is 0 Å². The van der Waals surface area contributed by atoms with Gasteiger partial charge in [0.05, 0.1) is 0 Å². The topological polar surface area (TPSA) is 39.1 Å². The van der Waals surface area contributed by atoms with E-state index in [2.05, 4.69) is 5.32 Å². The van der Waals surface area contributed by atoms with Gasteiger partial charge in [-0.15, -0.1) is 0 Å². The fourth-order valence-corrected chi connectivity index (χ4v) is 1.07. The maximum atomic E-state index is 12.1. The SMILES string of the molecule is CNCCN(CC(=N)C(F)(F)F)C(C)C. The highest BCUT2D eigenvalue weighted by atomic mass is 19.4. The van der Waals surface area contributed by atoms with Crippen LogP contribution >= 0.6 is 0 Å². The predicted octanol–water partition coefficient (Wildman–Crippen LogP) is 1.50. The molecule has 0 fully saturated rings. The summed E-state index contributed by atoms with van der Waals surface area (Å²) in [6.45, 7) is 4.41. The van der Waals surface area contributed by atoms with Crippen molar-refractivity contribution in [3.8, 4) is 0 Å². The monoisotopic (exact) mass is 225 g/mol. The first-order chi connectivity index (χ1) is 6.79. The molecule has 0 bridgehead atoms. The normalized spacial score (nSPS) is 12.5. The van der Waals surface area contributed by atoms with Crippen molar-refractivity contribution >= 4 is 5.71 Å². The van der Waals surface area contributed by atoms with E-state index >= 15 is 0 Å². The molecule has 0 aliphatic heterocycles. The summed E-state index contributed by atoms with van der Waals surface area (Å²) in [5, 5.41) is 9.78. The number of likely N-dealkylation sites (N-methyl/N-ethyl adjacent to an activating group) is 1. The molecule has 0 saturated heterocycles. The molecule has 15 heavy (non-hydrogen) atoms. The van der Waals surface area contributed by atoms with E-state index in [-0.39, 0.29) is 12.6 Å². The summed E-state index contributed by atoms with van der Waals surface area (Å²) < 4.78 is 36.4. The average Bonchev–Trinajstić information content (AvgIpc) is 2.09. The third kappa shape index (κ3) is 5.74. The minimum absolute atomic E-state index is 0.000972. The van der Waals surface area contributed by atoms with E-state index in [1.165, 1.54) is 0 Å². The Kier molecular flexibility index (Phi) is 5.82. The smallest absolute Gasteiger partial charge is 0.318 e. The Hall–Kier alpha value is -0.620. The molecule has 0 aromatic carbocycles. The quantitative estimate of drug-likeness (QED) is 0.672. The summed E-state index contributed by atoms with van der Waals surface area (Å²) in [7, 11) is 1.74. The molecule has 0 aromatic heterocycles. The molecule has 0 spiro atoms. The van der Waals surface area contributed by atoms with Gasteiger partial charge in [-0.25, -0.2) is 0 Å². The van der Waals surface area contributed by atoms with Crippen LogP contribution < -0.4 is 5.32 Å². The van der Waals surface area contributed by atoms with Crippen LogP contribution in [-0.4, -0.2) is 49.5 Å². The highest BCUT2D eigenvalue weighted by molar-refractivity contribution is 5.88. The van der Waals surface area contributed by atoms with Crippen LogP contribution in [0.15, 0.2) is 0 Å². The van der Waals surface area contributed by atoms with Crippen LogP contribution in [0, 0.1) is 5.41 Å². The van der Waals surface area contributed by atoms with Gasteiger partial charge in [0.25, 0.3) is 0 Å². The minimum Gasteiger partial charge on any atom is -0.318 e. The largest absolute Gasteiger partial charge is 0.430 e. The molecule has 90 valence electrons. The Labute approximate surface area is 88.2 Å². The molecule has 2 N–H and O–H groups in total. The van der Waals surface area contributed by atoms with Crippen molar-refractivity contribution in [2.75, 3.05) is 26.7 Å². The molecule has 3 nitrogen and oxygen atoms in total. The van der Waals surface area contributed by atoms with Gasteiger partial charge < -0.3 is 5.32 Å². The molecule has 0 rings (SSSR count). The standard InChI is InChI=1S/C9H18F3N3/c1-7(2)15(5-4-14-3)6-8(13)9(10,11)12/h7,13-14H,4-6H2,1-3H3. The fraction of sp³-hybridized carbons (Fsp3) is 0.889. The van der Waals surface area contributed by atoms with Gasteiger partial charge in [-0.1, -0.05) is 0 Å². The Morgan fingerprint density at radius 1 is 1.40 bits per heavy atom. The van der Waals surface area contributed by atoms with Crippen molar-refractivity contribution in [1.82, 2.24) is 10.2 Å². The van der Waals surface area contributed by atoms with Crippen molar-refractivity contribution in [3.05, 3.63) is 0 Å². The lowest BCUT2D eigenvalue weighted by molar-refractivity contribution is -0.0626. The van der Waals surface area contributed by atoms with Gasteiger partial charge in [0.1, 0.15) is 5.71 Å². The molecule has 0 atom stereocenters. The fourth-order valence-electron chi connectivity index (χ4n) is 1.07. The van der Waals surface area contributed by atoms with E-state index in [4.69, 9.17) is 5.41 Å². The first-order valence-electron chi connectivity index (χ1n) is 4.82. The zero-order chi connectivity index (χ0) is 12.1.